The number of rotatable bonds is 3. The number of piperazine rings is 1. The minimum atomic E-state index is -4.55. The molecule has 1 atom stereocenters. The first-order valence-electron chi connectivity index (χ1n) is 7.45. The van der Waals surface area contributed by atoms with Gasteiger partial charge in [0.15, 0.2) is 5.82 Å². The van der Waals surface area contributed by atoms with Crippen molar-refractivity contribution in [1.29, 1.82) is 0 Å². The van der Waals surface area contributed by atoms with Crippen molar-refractivity contribution < 1.29 is 13.2 Å². The third-order valence-corrected chi connectivity index (χ3v) is 4.24. The van der Waals surface area contributed by atoms with Crippen molar-refractivity contribution in [2.75, 3.05) is 19.6 Å². The molecule has 0 amide bonds. The van der Waals surface area contributed by atoms with E-state index in [9.17, 15) is 13.2 Å². The summed E-state index contributed by atoms with van der Waals surface area (Å²) in [6.45, 7) is 4.83. The molecule has 6 nitrogen and oxygen atoms in total. The first-order valence-corrected chi connectivity index (χ1v) is 7.83. The van der Waals surface area contributed by atoms with Crippen molar-refractivity contribution in [3.05, 3.63) is 34.6 Å². The fourth-order valence-corrected chi connectivity index (χ4v) is 2.88. The topological polar surface area (TPSA) is 58.9 Å². The van der Waals surface area contributed by atoms with Gasteiger partial charge in [-0.3, -0.25) is 4.90 Å². The fraction of sp³-hybridized carbons (Fsp3) is 0.500. The molecule has 0 unspecified atom stereocenters. The lowest BCUT2D eigenvalue weighted by Crippen LogP contribution is -2.49. The van der Waals surface area contributed by atoms with Gasteiger partial charge in [0.25, 0.3) is 0 Å². The maximum absolute atomic E-state index is 13.3. The van der Waals surface area contributed by atoms with Gasteiger partial charge >= 0.3 is 6.18 Å². The normalized spacial score (nSPS) is 18.8. The number of alkyl halides is 3. The van der Waals surface area contributed by atoms with Gasteiger partial charge in [-0.15, -0.1) is 17.5 Å². The van der Waals surface area contributed by atoms with E-state index in [1.54, 1.807) is 0 Å². The molecule has 0 spiro atoms. The van der Waals surface area contributed by atoms with E-state index in [-0.39, 0.29) is 29.2 Å². The van der Waals surface area contributed by atoms with Crippen molar-refractivity contribution in [3.8, 4) is 5.69 Å². The molecular formula is C14H17Cl2F3N6. The molecule has 0 aliphatic carbocycles. The Hall–Kier alpha value is -1.42. The molecule has 0 saturated carbocycles. The Kier molecular flexibility index (Phi) is 6.26. The molecule has 0 bridgehead atoms. The highest BCUT2D eigenvalue weighted by molar-refractivity contribution is 6.30. The minimum absolute atomic E-state index is 0. The van der Waals surface area contributed by atoms with E-state index in [4.69, 9.17) is 11.6 Å². The molecule has 1 aliphatic rings. The predicted molar refractivity (Wildman–Crippen MR) is 89.2 cm³/mol. The van der Waals surface area contributed by atoms with Crippen molar-refractivity contribution in [1.82, 2.24) is 30.4 Å². The first-order chi connectivity index (χ1) is 11.4. The molecule has 25 heavy (non-hydrogen) atoms. The van der Waals surface area contributed by atoms with E-state index in [1.165, 1.54) is 12.1 Å². The van der Waals surface area contributed by atoms with Gasteiger partial charge in [-0.1, -0.05) is 11.6 Å². The summed E-state index contributed by atoms with van der Waals surface area (Å²) in [7, 11) is 0. The van der Waals surface area contributed by atoms with Gasteiger partial charge in [-0.2, -0.15) is 17.9 Å². The molecule has 1 N–H and O–H groups in total. The Labute approximate surface area is 153 Å². The number of tetrazole rings is 1. The highest BCUT2D eigenvalue weighted by atomic mass is 35.5. The van der Waals surface area contributed by atoms with Crippen LogP contribution >= 0.6 is 24.0 Å². The summed E-state index contributed by atoms with van der Waals surface area (Å²) in [5.41, 5.74) is -0.994. The van der Waals surface area contributed by atoms with Crippen molar-refractivity contribution in [2.45, 2.75) is 25.7 Å². The number of aromatic nitrogens is 4. The van der Waals surface area contributed by atoms with Crippen LogP contribution in [0.3, 0.4) is 0 Å². The second-order valence-electron chi connectivity index (χ2n) is 5.69. The summed E-state index contributed by atoms with van der Waals surface area (Å²) >= 11 is 5.72. The van der Waals surface area contributed by atoms with Crippen LogP contribution in [0.15, 0.2) is 18.2 Å². The SMILES string of the molecule is C[C@@H]1CNCCN1Cc1nnnn1-c1ccc(Cl)cc1C(F)(F)F.Cl. The van der Waals surface area contributed by atoms with Crippen LogP contribution in [0.25, 0.3) is 5.69 Å². The van der Waals surface area contributed by atoms with E-state index in [2.05, 4.69) is 25.7 Å². The van der Waals surface area contributed by atoms with Gasteiger partial charge in [0.05, 0.1) is 17.8 Å². The lowest BCUT2D eigenvalue weighted by Gasteiger charge is -2.33. The monoisotopic (exact) mass is 396 g/mol. The third kappa shape index (κ3) is 4.41. The Balaban J connectivity index is 0.00000225. The molecule has 1 aromatic heterocycles. The second kappa shape index (κ2) is 7.86. The molecule has 3 rings (SSSR count). The third-order valence-electron chi connectivity index (χ3n) is 4.01. The van der Waals surface area contributed by atoms with Gasteiger partial charge in [0, 0.05) is 30.7 Å². The van der Waals surface area contributed by atoms with E-state index < -0.39 is 11.7 Å². The van der Waals surface area contributed by atoms with E-state index in [1.807, 2.05) is 6.92 Å². The Morgan fingerprint density at radius 3 is 2.80 bits per heavy atom. The van der Waals surface area contributed by atoms with Crippen LogP contribution < -0.4 is 5.32 Å². The van der Waals surface area contributed by atoms with Gasteiger partial charge < -0.3 is 5.32 Å². The number of benzene rings is 1. The lowest BCUT2D eigenvalue weighted by molar-refractivity contribution is -0.137. The quantitative estimate of drug-likeness (QED) is 0.863. The molecule has 1 saturated heterocycles. The molecule has 1 aromatic carbocycles. The fourth-order valence-electron chi connectivity index (χ4n) is 2.71. The van der Waals surface area contributed by atoms with Crippen LogP contribution in [0.1, 0.15) is 18.3 Å². The highest BCUT2D eigenvalue weighted by Gasteiger charge is 2.35. The van der Waals surface area contributed by atoms with Crippen molar-refractivity contribution >= 4 is 24.0 Å². The largest absolute Gasteiger partial charge is 0.418 e. The summed E-state index contributed by atoms with van der Waals surface area (Å²) in [5.74, 6) is 0.358. The predicted octanol–water partition coefficient (Wildman–Crippen LogP) is 2.55. The number of nitrogens with zero attached hydrogens (tertiary/aromatic N) is 5. The van der Waals surface area contributed by atoms with E-state index in [0.29, 0.717) is 12.4 Å². The molecule has 1 fully saturated rings. The molecule has 138 valence electrons. The second-order valence-corrected chi connectivity index (χ2v) is 6.13. The van der Waals surface area contributed by atoms with Crippen LogP contribution in [0, 0.1) is 0 Å². The highest BCUT2D eigenvalue weighted by Crippen LogP contribution is 2.35. The van der Waals surface area contributed by atoms with Gasteiger partial charge in [0.1, 0.15) is 0 Å². The zero-order chi connectivity index (χ0) is 17.3. The first kappa shape index (κ1) is 19.9. The van der Waals surface area contributed by atoms with Crippen LogP contribution in [0.2, 0.25) is 5.02 Å². The number of hydrogen-bond donors (Lipinski definition) is 1. The maximum atomic E-state index is 13.3. The van der Waals surface area contributed by atoms with Gasteiger partial charge in [-0.25, -0.2) is 0 Å². The Morgan fingerprint density at radius 1 is 1.36 bits per heavy atom. The van der Waals surface area contributed by atoms with Crippen LogP contribution in [-0.2, 0) is 12.7 Å². The van der Waals surface area contributed by atoms with E-state index in [0.717, 1.165) is 30.4 Å². The standard InChI is InChI=1S/C14H16ClF3N6.ClH/c1-9-7-19-4-5-23(9)8-13-20-21-22-24(13)12-3-2-10(15)6-11(12)14(16,17)18;/h2-3,6,9,19H,4-5,7-8H2,1H3;1H/t9-;/m1./s1. The summed E-state index contributed by atoms with van der Waals surface area (Å²) in [6, 6.07) is 3.81. The minimum Gasteiger partial charge on any atom is -0.314 e. The van der Waals surface area contributed by atoms with Crippen molar-refractivity contribution in [3.63, 3.8) is 0 Å². The lowest BCUT2D eigenvalue weighted by atomic mass is 10.1. The Bertz CT molecular complexity index is 721. The molecule has 2 heterocycles. The zero-order valence-electron chi connectivity index (χ0n) is 13.3. The summed E-state index contributed by atoms with van der Waals surface area (Å²) in [5, 5.41) is 14.5. The number of halogens is 5. The summed E-state index contributed by atoms with van der Waals surface area (Å²) < 4.78 is 41.1. The van der Waals surface area contributed by atoms with Crippen LogP contribution in [0.5, 0.6) is 0 Å². The molecule has 0 radical (unpaired) electrons. The number of hydrogen-bond acceptors (Lipinski definition) is 5. The van der Waals surface area contributed by atoms with Crippen molar-refractivity contribution in [2.24, 2.45) is 0 Å². The Morgan fingerprint density at radius 2 is 2.12 bits per heavy atom. The van der Waals surface area contributed by atoms with Crippen LogP contribution in [-0.4, -0.2) is 50.8 Å². The molecule has 2 aromatic rings. The average molecular weight is 397 g/mol. The van der Waals surface area contributed by atoms with E-state index >= 15 is 0 Å². The van der Waals surface area contributed by atoms with Gasteiger partial charge in [-0.05, 0) is 35.5 Å². The number of nitrogens with one attached hydrogen (secondary N) is 1. The van der Waals surface area contributed by atoms with Gasteiger partial charge in [0.2, 0.25) is 0 Å². The summed E-state index contributed by atoms with van der Waals surface area (Å²) in [4.78, 5) is 2.13. The van der Waals surface area contributed by atoms with Crippen LogP contribution in [0.4, 0.5) is 13.2 Å². The smallest absolute Gasteiger partial charge is 0.314 e. The average Bonchev–Trinajstić information content (AvgIpc) is 2.97. The molecule has 11 heteroatoms. The molecular weight excluding hydrogens is 380 g/mol. The summed E-state index contributed by atoms with van der Waals surface area (Å²) in [6.07, 6.45) is -4.55. The zero-order valence-corrected chi connectivity index (χ0v) is 14.9. The molecule has 1 aliphatic heterocycles. The maximum Gasteiger partial charge on any atom is 0.418 e.